The van der Waals surface area contributed by atoms with Gasteiger partial charge in [0.1, 0.15) is 0 Å². The fourth-order valence-electron chi connectivity index (χ4n) is 1.92. The van der Waals surface area contributed by atoms with Crippen molar-refractivity contribution in [1.82, 2.24) is 4.98 Å². The number of hydrogen-bond acceptors (Lipinski definition) is 3. The van der Waals surface area contributed by atoms with Gasteiger partial charge in [-0.15, -0.1) is 0 Å². The molecule has 2 heterocycles. The molecule has 0 radical (unpaired) electrons. The first-order chi connectivity index (χ1) is 7.29. The molecule has 1 aliphatic heterocycles. The molecule has 1 saturated heterocycles. The van der Waals surface area contributed by atoms with Crippen LogP contribution in [0.15, 0.2) is 18.3 Å². The first kappa shape index (κ1) is 10.1. The monoisotopic (exact) mass is 206 g/mol. The first-order valence-corrected chi connectivity index (χ1v) is 5.11. The third kappa shape index (κ3) is 2.15. The molecule has 4 nitrogen and oxygen atoms in total. The third-order valence-electron chi connectivity index (χ3n) is 2.71. The lowest BCUT2D eigenvalue weighted by molar-refractivity contribution is 0.0836. The molecule has 1 aromatic heterocycles. The summed E-state index contributed by atoms with van der Waals surface area (Å²) in [4.78, 5) is 15.5. The van der Waals surface area contributed by atoms with Crippen molar-refractivity contribution < 1.29 is 9.53 Å². The Morgan fingerprint density at radius 3 is 2.87 bits per heavy atom. The molecule has 1 fully saturated rings. The minimum atomic E-state index is -0.399. The molecule has 4 heteroatoms. The second-order valence-corrected chi connectivity index (χ2v) is 3.69. The van der Waals surface area contributed by atoms with Gasteiger partial charge < -0.3 is 10.5 Å². The van der Waals surface area contributed by atoms with Crippen LogP contribution < -0.4 is 5.73 Å². The highest BCUT2D eigenvalue weighted by molar-refractivity contribution is 5.94. The van der Waals surface area contributed by atoms with Crippen molar-refractivity contribution in [2.24, 2.45) is 5.73 Å². The zero-order chi connectivity index (χ0) is 10.7. The zero-order valence-electron chi connectivity index (χ0n) is 8.48. The highest BCUT2D eigenvalue weighted by atomic mass is 16.5. The lowest BCUT2D eigenvalue weighted by Crippen LogP contribution is -2.20. The molecule has 0 atom stereocenters. The number of aromatic nitrogens is 1. The van der Waals surface area contributed by atoms with Crippen LogP contribution >= 0.6 is 0 Å². The van der Waals surface area contributed by atoms with Gasteiger partial charge in [-0.25, -0.2) is 0 Å². The summed E-state index contributed by atoms with van der Waals surface area (Å²) in [6.07, 6.45) is 3.53. The number of carbonyl (C=O) groups excluding carboxylic acids is 1. The van der Waals surface area contributed by atoms with Crippen LogP contribution in [0.4, 0.5) is 0 Å². The van der Waals surface area contributed by atoms with Gasteiger partial charge in [-0.2, -0.15) is 0 Å². The number of ether oxygens (including phenoxy) is 1. The van der Waals surface area contributed by atoms with Gasteiger partial charge in [-0.1, -0.05) is 0 Å². The Morgan fingerprint density at radius 1 is 1.47 bits per heavy atom. The van der Waals surface area contributed by atoms with Crippen LogP contribution in [0.1, 0.15) is 34.8 Å². The summed E-state index contributed by atoms with van der Waals surface area (Å²) in [5.41, 5.74) is 6.68. The van der Waals surface area contributed by atoms with Crippen molar-refractivity contribution in [3.05, 3.63) is 29.6 Å². The highest BCUT2D eigenvalue weighted by Crippen LogP contribution is 2.27. The van der Waals surface area contributed by atoms with E-state index in [2.05, 4.69) is 4.98 Å². The van der Waals surface area contributed by atoms with Crippen LogP contribution in [-0.2, 0) is 4.74 Å². The molecule has 0 unspecified atom stereocenters. The number of hydrogen-bond donors (Lipinski definition) is 1. The topological polar surface area (TPSA) is 65.2 Å². The minimum Gasteiger partial charge on any atom is -0.381 e. The van der Waals surface area contributed by atoms with Crippen molar-refractivity contribution in [3.8, 4) is 0 Å². The summed E-state index contributed by atoms with van der Waals surface area (Å²) >= 11 is 0. The van der Waals surface area contributed by atoms with Crippen LogP contribution in [0.2, 0.25) is 0 Å². The van der Waals surface area contributed by atoms with E-state index in [9.17, 15) is 4.79 Å². The van der Waals surface area contributed by atoms with Crippen LogP contribution in [-0.4, -0.2) is 24.1 Å². The summed E-state index contributed by atoms with van der Waals surface area (Å²) in [6.45, 7) is 1.47. The molecule has 1 aliphatic rings. The number of nitrogens with two attached hydrogens (primary N) is 1. The van der Waals surface area contributed by atoms with E-state index < -0.39 is 5.91 Å². The van der Waals surface area contributed by atoms with Gasteiger partial charge in [0.2, 0.25) is 0 Å². The second-order valence-electron chi connectivity index (χ2n) is 3.69. The van der Waals surface area contributed by atoms with E-state index in [1.807, 2.05) is 0 Å². The maximum absolute atomic E-state index is 11.2. The van der Waals surface area contributed by atoms with E-state index in [0.29, 0.717) is 11.5 Å². The Balaban J connectivity index is 2.29. The van der Waals surface area contributed by atoms with Crippen molar-refractivity contribution in [2.75, 3.05) is 13.2 Å². The lowest BCUT2D eigenvalue weighted by Gasteiger charge is -2.22. The second kappa shape index (κ2) is 4.40. The van der Waals surface area contributed by atoms with Crippen LogP contribution in [0.5, 0.6) is 0 Å². The number of rotatable bonds is 2. The lowest BCUT2D eigenvalue weighted by atomic mass is 9.92. The molecule has 0 spiro atoms. The Bertz CT molecular complexity index is 359. The smallest absolute Gasteiger partial charge is 0.250 e. The largest absolute Gasteiger partial charge is 0.381 e. The summed E-state index contributed by atoms with van der Waals surface area (Å²) in [6, 6.07) is 3.48. The molecule has 2 N–H and O–H groups in total. The minimum absolute atomic E-state index is 0.308. The maximum Gasteiger partial charge on any atom is 0.250 e. The molecule has 0 bridgehead atoms. The van der Waals surface area contributed by atoms with Gasteiger partial charge in [-0.3, -0.25) is 9.78 Å². The predicted molar refractivity (Wildman–Crippen MR) is 55.5 cm³/mol. The van der Waals surface area contributed by atoms with Crippen molar-refractivity contribution in [1.29, 1.82) is 0 Å². The molecule has 1 amide bonds. The van der Waals surface area contributed by atoms with Gasteiger partial charge in [0.05, 0.1) is 11.3 Å². The van der Waals surface area contributed by atoms with Crippen LogP contribution in [0.3, 0.4) is 0 Å². The number of nitrogens with zero attached hydrogens (tertiary/aromatic N) is 1. The number of primary amides is 1. The van der Waals surface area contributed by atoms with Gasteiger partial charge in [0.15, 0.2) is 0 Å². The Kier molecular flexibility index (Phi) is 2.97. The SMILES string of the molecule is NC(=O)c1cccnc1C1CCOCC1. The first-order valence-electron chi connectivity index (χ1n) is 5.11. The van der Waals surface area contributed by atoms with Crippen molar-refractivity contribution in [3.63, 3.8) is 0 Å². The molecule has 15 heavy (non-hydrogen) atoms. The third-order valence-corrected chi connectivity index (χ3v) is 2.71. The van der Waals surface area contributed by atoms with Gasteiger partial charge in [-0.05, 0) is 25.0 Å². The fraction of sp³-hybridized carbons (Fsp3) is 0.455. The van der Waals surface area contributed by atoms with E-state index in [0.717, 1.165) is 31.7 Å². The summed E-state index contributed by atoms with van der Waals surface area (Å²) < 4.78 is 5.28. The Labute approximate surface area is 88.4 Å². The molecule has 0 saturated carbocycles. The van der Waals surface area contributed by atoms with Crippen molar-refractivity contribution >= 4 is 5.91 Å². The van der Waals surface area contributed by atoms with E-state index in [1.165, 1.54) is 0 Å². The molecule has 2 rings (SSSR count). The van der Waals surface area contributed by atoms with E-state index in [1.54, 1.807) is 18.3 Å². The molecule has 0 aliphatic carbocycles. The van der Waals surface area contributed by atoms with Crippen molar-refractivity contribution in [2.45, 2.75) is 18.8 Å². The van der Waals surface area contributed by atoms with Gasteiger partial charge in [0.25, 0.3) is 5.91 Å². The molecular formula is C11H14N2O2. The standard InChI is InChI=1S/C11H14N2O2/c12-11(14)9-2-1-5-13-10(9)8-3-6-15-7-4-8/h1-2,5,8H,3-4,6-7H2,(H2,12,14). The van der Waals surface area contributed by atoms with Crippen LogP contribution in [0, 0.1) is 0 Å². The van der Waals surface area contributed by atoms with Gasteiger partial charge in [0, 0.05) is 25.3 Å². The van der Waals surface area contributed by atoms with E-state index >= 15 is 0 Å². The molecular weight excluding hydrogens is 192 g/mol. The predicted octanol–water partition coefficient (Wildman–Crippen LogP) is 1.07. The average molecular weight is 206 g/mol. The summed E-state index contributed by atoms with van der Waals surface area (Å²) in [5.74, 6) is -0.0907. The Hall–Kier alpha value is -1.42. The van der Waals surface area contributed by atoms with Gasteiger partial charge >= 0.3 is 0 Å². The number of amides is 1. The molecule has 0 aromatic carbocycles. The maximum atomic E-state index is 11.2. The summed E-state index contributed by atoms with van der Waals surface area (Å²) in [5, 5.41) is 0. The quantitative estimate of drug-likeness (QED) is 0.787. The van der Waals surface area contributed by atoms with E-state index in [-0.39, 0.29) is 0 Å². The summed E-state index contributed by atoms with van der Waals surface area (Å²) in [7, 11) is 0. The number of carbonyl (C=O) groups is 1. The highest BCUT2D eigenvalue weighted by Gasteiger charge is 2.21. The normalized spacial score (nSPS) is 17.6. The van der Waals surface area contributed by atoms with Crippen LogP contribution in [0.25, 0.3) is 0 Å². The molecule has 80 valence electrons. The fourth-order valence-corrected chi connectivity index (χ4v) is 1.92. The number of pyridine rings is 1. The average Bonchev–Trinajstić information content (AvgIpc) is 2.30. The zero-order valence-corrected chi connectivity index (χ0v) is 8.48. The van der Waals surface area contributed by atoms with E-state index in [4.69, 9.17) is 10.5 Å². The molecule has 1 aromatic rings. The Morgan fingerprint density at radius 2 is 2.20 bits per heavy atom.